The van der Waals surface area contributed by atoms with E-state index in [4.69, 9.17) is 4.74 Å². The van der Waals surface area contributed by atoms with Crippen molar-refractivity contribution in [3.05, 3.63) is 29.8 Å². The quantitative estimate of drug-likeness (QED) is 0.680. The molecule has 1 atom stereocenters. The van der Waals surface area contributed by atoms with Gasteiger partial charge in [0.05, 0.1) is 13.0 Å². The number of benzene rings is 1. The molecule has 0 aliphatic carbocycles. The van der Waals surface area contributed by atoms with E-state index in [2.05, 4.69) is 0 Å². The molecule has 0 aliphatic heterocycles. The van der Waals surface area contributed by atoms with E-state index in [0.717, 1.165) is 11.3 Å². The largest absolute Gasteiger partial charge is 0.496 e. The molecule has 0 amide bonds. The fraction of sp³-hybridized carbons (Fsp3) is 0.300. The van der Waals surface area contributed by atoms with Crippen LogP contribution in [-0.4, -0.2) is 13.4 Å². The number of rotatable bonds is 3. The van der Waals surface area contributed by atoms with Crippen molar-refractivity contribution in [2.24, 2.45) is 0 Å². The summed E-state index contributed by atoms with van der Waals surface area (Å²) in [5.74, 6) is 0.523. The summed E-state index contributed by atoms with van der Waals surface area (Å²) in [5, 5.41) is 0. The van der Waals surface area contributed by atoms with Crippen LogP contribution in [-0.2, 0) is 4.79 Å². The van der Waals surface area contributed by atoms with Gasteiger partial charge in [0.2, 0.25) is 6.29 Å². The van der Waals surface area contributed by atoms with Gasteiger partial charge in [-0.3, -0.25) is 4.79 Å². The second kappa shape index (κ2) is 3.90. The summed E-state index contributed by atoms with van der Waals surface area (Å²) in [5.41, 5.74) is 0.884. The first-order valence-corrected chi connectivity index (χ1v) is 3.80. The van der Waals surface area contributed by atoms with Crippen LogP contribution in [0.2, 0.25) is 0 Å². The molecule has 2 heteroatoms. The molecule has 0 spiro atoms. The van der Waals surface area contributed by atoms with Crippen molar-refractivity contribution in [1.29, 1.82) is 0 Å². The van der Waals surface area contributed by atoms with Crippen LogP contribution in [0.5, 0.6) is 5.75 Å². The molecular formula is C10H11O2. The average molecular weight is 163 g/mol. The standard InChI is InChI=1S/C10H11O2/c1-8(7-11)9-5-3-4-6-10(9)12-2/h3-6,8H,1-2H3. The van der Waals surface area contributed by atoms with E-state index in [1.165, 1.54) is 0 Å². The summed E-state index contributed by atoms with van der Waals surface area (Å²) in [4.78, 5) is 10.4. The summed E-state index contributed by atoms with van der Waals surface area (Å²) in [6, 6.07) is 7.46. The molecule has 1 aromatic rings. The van der Waals surface area contributed by atoms with Gasteiger partial charge < -0.3 is 4.74 Å². The van der Waals surface area contributed by atoms with Crippen molar-refractivity contribution < 1.29 is 9.53 Å². The topological polar surface area (TPSA) is 26.3 Å². The van der Waals surface area contributed by atoms with Crippen LogP contribution in [0.3, 0.4) is 0 Å². The van der Waals surface area contributed by atoms with Crippen molar-refractivity contribution in [2.45, 2.75) is 12.8 Å². The van der Waals surface area contributed by atoms with Crippen LogP contribution in [0, 0.1) is 0 Å². The van der Waals surface area contributed by atoms with Gasteiger partial charge in [-0.25, -0.2) is 0 Å². The van der Waals surface area contributed by atoms with E-state index < -0.39 is 0 Å². The lowest BCUT2D eigenvalue weighted by molar-refractivity contribution is 0.408. The lowest BCUT2D eigenvalue weighted by atomic mass is 10.0. The lowest BCUT2D eigenvalue weighted by Crippen LogP contribution is -1.97. The molecule has 1 aromatic carbocycles. The third-order valence-electron chi connectivity index (χ3n) is 1.78. The molecule has 0 saturated heterocycles. The normalized spacial score (nSPS) is 12.2. The Hall–Kier alpha value is -1.31. The zero-order chi connectivity index (χ0) is 8.97. The van der Waals surface area contributed by atoms with E-state index >= 15 is 0 Å². The number of carbonyl (C=O) groups excluding carboxylic acids is 1. The Morgan fingerprint density at radius 2 is 2.08 bits per heavy atom. The van der Waals surface area contributed by atoms with Gasteiger partial charge in [-0.15, -0.1) is 0 Å². The SMILES string of the molecule is COc1ccccc1C(C)[C]=O. The highest BCUT2D eigenvalue weighted by atomic mass is 16.5. The second-order valence-electron chi connectivity index (χ2n) is 2.58. The predicted molar refractivity (Wildman–Crippen MR) is 47.1 cm³/mol. The van der Waals surface area contributed by atoms with E-state index in [1.54, 1.807) is 14.0 Å². The van der Waals surface area contributed by atoms with Gasteiger partial charge in [0.25, 0.3) is 0 Å². The molecule has 63 valence electrons. The number of para-hydroxylation sites is 1. The van der Waals surface area contributed by atoms with Crippen molar-refractivity contribution in [3.8, 4) is 5.75 Å². The Labute approximate surface area is 72.2 Å². The van der Waals surface area contributed by atoms with Gasteiger partial charge in [-0.05, 0) is 6.07 Å². The summed E-state index contributed by atoms with van der Waals surface area (Å²) in [6.07, 6.45) is 1.93. The predicted octanol–water partition coefficient (Wildman–Crippen LogP) is 1.91. The summed E-state index contributed by atoms with van der Waals surface area (Å²) < 4.78 is 5.09. The Morgan fingerprint density at radius 1 is 1.42 bits per heavy atom. The summed E-state index contributed by atoms with van der Waals surface area (Å²) in [6.45, 7) is 1.80. The molecule has 2 nitrogen and oxygen atoms in total. The fourth-order valence-electron chi connectivity index (χ4n) is 1.09. The maximum Gasteiger partial charge on any atom is 0.206 e. The van der Waals surface area contributed by atoms with Gasteiger partial charge in [-0.1, -0.05) is 25.1 Å². The molecule has 0 N–H and O–H groups in total. The minimum atomic E-state index is -0.221. The Balaban J connectivity index is 3.04. The first-order valence-electron chi connectivity index (χ1n) is 3.80. The minimum Gasteiger partial charge on any atom is -0.496 e. The highest BCUT2D eigenvalue weighted by Crippen LogP contribution is 2.24. The van der Waals surface area contributed by atoms with E-state index in [9.17, 15) is 4.79 Å². The zero-order valence-corrected chi connectivity index (χ0v) is 7.20. The molecule has 0 bridgehead atoms. The maximum absolute atomic E-state index is 10.4. The van der Waals surface area contributed by atoms with Crippen LogP contribution < -0.4 is 4.74 Å². The maximum atomic E-state index is 10.4. The van der Waals surface area contributed by atoms with Gasteiger partial charge in [-0.2, -0.15) is 0 Å². The van der Waals surface area contributed by atoms with Crippen molar-refractivity contribution in [2.75, 3.05) is 7.11 Å². The molecule has 0 saturated carbocycles. The smallest absolute Gasteiger partial charge is 0.206 e. The van der Waals surface area contributed by atoms with Crippen LogP contribution in [0.15, 0.2) is 24.3 Å². The van der Waals surface area contributed by atoms with Gasteiger partial charge in [0.1, 0.15) is 5.75 Å². The third kappa shape index (κ3) is 1.64. The van der Waals surface area contributed by atoms with Gasteiger partial charge >= 0.3 is 0 Å². The highest BCUT2D eigenvalue weighted by Gasteiger charge is 2.09. The monoisotopic (exact) mass is 163 g/mol. The third-order valence-corrected chi connectivity index (χ3v) is 1.78. The van der Waals surface area contributed by atoms with E-state index in [-0.39, 0.29) is 5.92 Å². The molecule has 0 aromatic heterocycles. The Morgan fingerprint density at radius 3 is 2.67 bits per heavy atom. The molecule has 0 fully saturated rings. The van der Waals surface area contributed by atoms with Gasteiger partial charge in [0.15, 0.2) is 0 Å². The first kappa shape index (κ1) is 8.78. The summed E-state index contributed by atoms with van der Waals surface area (Å²) >= 11 is 0. The molecule has 1 radical (unpaired) electrons. The van der Waals surface area contributed by atoms with E-state index in [0.29, 0.717) is 0 Å². The second-order valence-corrected chi connectivity index (χ2v) is 2.58. The van der Waals surface area contributed by atoms with E-state index in [1.807, 2.05) is 30.6 Å². The number of hydrogen-bond acceptors (Lipinski definition) is 2. The van der Waals surface area contributed by atoms with Crippen LogP contribution >= 0.6 is 0 Å². The van der Waals surface area contributed by atoms with Crippen LogP contribution in [0.1, 0.15) is 18.4 Å². The van der Waals surface area contributed by atoms with Crippen LogP contribution in [0.4, 0.5) is 0 Å². The van der Waals surface area contributed by atoms with Crippen LogP contribution in [0.25, 0.3) is 0 Å². The fourth-order valence-corrected chi connectivity index (χ4v) is 1.09. The Kier molecular flexibility index (Phi) is 2.86. The zero-order valence-electron chi connectivity index (χ0n) is 7.20. The molecule has 12 heavy (non-hydrogen) atoms. The number of hydrogen-bond donors (Lipinski definition) is 0. The molecule has 0 heterocycles. The molecule has 1 unspecified atom stereocenters. The van der Waals surface area contributed by atoms with Crippen molar-refractivity contribution in [3.63, 3.8) is 0 Å². The number of methoxy groups -OCH3 is 1. The Bertz CT molecular complexity index is 268. The number of ether oxygens (including phenoxy) is 1. The molecule has 0 aliphatic rings. The summed E-state index contributed by atoms with van der Waals surface area (Å²) in [7, 11) is 1.59. The van der Waals surface area contributed by atoms with Crippen molar-refractivity contribution in [1.82, 2.24) is 0 Å². The molecular weight excluding hydrogens is 152 g/mol. The highest BCUT2D eigenvalue weighted by molar-refractivity contribution is 5.64. The lowest BCUT2D eigenvalue weighted by Gasteiger charge is -2.08. The molecule has 1 rings (SSSR count). The van der Waals surface area contributed by atoms with Gasteiger partial charge in [0, 0.05) is 5.56 Å². The first-order chi connectivity index (χ1) is 5.79. The average Bonchev–Trinajstić information content (AvgIpc) is 2.16. The van der Waals surface area contributed by atoms with Crippen molar-refractivity contribution >= 4 is 6.29 Å². The minimum absolute atomic E-state index is 0.221.